The zero-order chi connectivity index (χ0) is 18.4. The summed E-state index contributed by atoms with van der Waals surface area (Å²) < 4.78 is 5.83. The van der Waals surface area contributed by atoms with Crippen molar-refractivity contribution in [3.8, 4) is 11.5 Å². The first kappa shape index (κ1) is 16.6. The van der Waals surface area contributed by atoms with Crippen LogP contribution < -0.4 is 4.90 Å². The lowest BCUT2D eigenvalue weighted by Crippen LogP contribution is -2.26. The summed E-state index contributed by atoms with van der Waals surface area (Å²) in [5.41, 5.74) is 3.51. The molecule has 0 spiro atoms. The smallest absolute Gasteiger partial charge is 0.308 e. The van der Waals surface area contributed by atoms with E-state index in [0.29, 0.717) is 27.7 Å². The summed E-state index contributed by atoms with van der Waals surface area (Å²) in [5, 5.41) is 9.76. The fourth-order valence-electron chi connectivity index (χ4n) is 3.27. The van der Waals surface area contributed by atoms with Crippen LogP contribution in [0, 0.1) is 12.8 Å². The number of hydrogen-bond acceptors (Lipinski definition) is 4. The molecular formula is C19H15ClN2O4. The second-order valence-electron chi connectivity index (χ2n) is 6.32. The number of rotatable bonds is 3. The van der Waals surface area contributed by atoms with Crippen molar-refractivity contribution in [2.24, 2.45) is 5.92 Å². The minimum absolute atomic E-state index is 0.0143. The number of fused-ring (bicyclic) bond motifs is 1. The molecule has 0 radical (unpaired) electrons. The summed E-state index contributed by atoms with van der Waals surface area (Å²) >= 11 is 6.00. The first-order valence-corrected chi connectivity index (χ1v) is 8.51. The van der Waals surface area contributed by atoms with Gasteiger partial charge in [-0.05, 0) is 42.8 Å². The van der Waals surface area contributed by atoms with Crippen LogP contribution >= 0.6 is 11.6 Å². The normalized spacial score (nSPS) is 17.2. The van der Waals surface area contributed by atoms with Gasteiger partial charge in [0.2, 0.25) is 11.8 Å². The predicted octanol–water partition coefficient (Wildman–Crippen LogP) is 3.89. The molecule has 1 fully saturated rings. The van der Waals surface area contributed by atoms with Crippen LogP contribution in [0.3, 0.4) is 0 Å². The molecule has 0 saturated carbocycles. The van der Waals surface area contributed by atoms with Gasteiger partial charge < -0.3 is 14.4 Å². The number of benzene rings is 2. The van der Waals surface area contributed by atoms with Crippen molar-refractivity contribution >= 4 is 40.3 Å². The highest BCUT2D eigenvalue weighted by atomic mass is 35.5. The number of aromatic nitrogens is 1. The molecular weight excluding hydrogens is 356 g/mol. The van der Waals surface area contributed by atoms with Crippen molar-refractivity contribution in [1.29, 1.82) is 0 Å². The molecule has 132 valence electrons. The molecule has 1 saturated heterocycles. The molecule has 1 atom stereocenters. The second kappa shape index (κ2) is 6.14. The Labute approximate surface area is 154 Å². The van der Waals surface area contributed by atoms with Crippen molar-refractivity contribution in [2.45, 2.75) is 13.3 Å². The second-order valence-corrected chi connectivity index (χ2v) is 6.76. The van der Waals surface area contributed by atoms with Crippen molar-refractivity contribution in [1.82, 2.24) is 4.98 Å². The van der Waals surface area contributed by atoms with E-state index >= 15 is 0 Å². The number of oxazole rings is 1. The molecule has 0 aliphatic carbocycles. The molecule has 2 aromatic carbocycles. The van der Waals surface area contributed by atoms with Gasteiger partial charge in [-0.2, -0.15) is 0 Å². The van der Waals surface area contributed by atoms with Gasteiger partial charge >= 0.3 is 5.97 Å². The predicted molar refractivity (Wildman–Crippen MR) is 97.3 cm³/mol. The van der Waals surface area contributed by atoms with E-state index in [9.17, 15) is 14.7 Å². The highest BCUT2D eigenvalue weighted by Crippen LogP contribution is 2.35. The maximum Gasteiger partial charge on any atom is 0.308 e. The van der Waals surface area contributed by atoms with Crippen LogP contribution in [0.25, 0.3) is 22.6 Å². The van der Waals surface area contributed by atoms with Gasteiger partial charge in [0, 0.05) is 29.2 Å². The minimum Gasteiger partial charge on any atom is -0.481 e. The first-order chi connectivity index (χ1) is 12.4. The number of carboxylic acids is 1. The quantitative estimate of drug-likeness (QED) is 0.756. The van der Waals surface area contributed by atoms with Crippen LogP contribution in [0.4, 0.5) is 5.69 Å². The Kier molecular flexibility index (Phi) is 3.92. The van der Waals surface area contributed by atoms with Crippen LogP contribution in [0.15, 0.2) is 40.8 Å². The van der Waals surface area contributed by atoms with Crippen molar-refractivity contribution < 1.29 is 19.1 Å². The Bertz CT molecular complexity index is 1040. The monoisotopic (exact) mass is 370 g/mol. The van der Waals surface area contributed by atoms with Gasteiger partial charge in [0.1, 0.15) is 5.52 Å². The zero-order valence-electron chi connectivity index (χ0n) is 13.9. The summed E-state index contributed by atoms with van der Waals surface area (Å²) in [7, 11) is 0. The molecule has 1 aromatic heterocycles. The van der Waals surface area contributed by atoms with Gasteiger partial charge in [-0.15, -0.1) is 0 Å². The number of hydrogen-bond donors (Lipinski definition) is 1. The van der Waals surface area contributed by atoms with Gasteiger partial charge in [0.15, 0.2) is 5.58 Å². The third-order valence-corrected chi connectivity index (χ3v) is 4.89. The highest BCUT2D eigenvalue weighted by molar-refractivity contribution is 6.31. The van der Waals surface area contributed by atoms with Crippen LogP contribution in [0.5, 0.6) is 0 Å². The van der Waals surface area contributed by atoms with Crippen LogP contribution in [-0.2, 0) is 9.59 Å². The molecule has 4 rings (SSSR count). The Morgan fingerprint density at radius 1 is 1.35 bits per heavy atom. The molecule has 7 heteroatoms. The van der Waals surface area contributed by atoms with E-state index in [0.717, 1.165) is 11.1 Å². The SMILES string of the molecule is Cc1c(-c2nc3cc(Cl)ccc3o2)cccc1N1CC(C(=O)O)CC1=O. The number of aliphatic carboxylic acids is 1. The van der Waals surface area contributed by atoms with Gasteiger partial charge in [-0.25, -0.2) is 4.98 Å². The molecule has 1 amide bonds. The highest BCUT2D eigenvalue weighted by Gasteiger charge is 2.36. The fraction of sp³-hybridized carbons (Fsp3) is 0.211. The molecule has 1 aliphatic heterocycles. The van der Waals surface area contributed by atoms with Gasteiger partial charge in [-0.1, -0.05) is 17.7 Å². The van der Waals surface area contributed by atoms with E-state index in [4.69, 9.17) is 16.0 Å². The molecule has 0 bridgehead atoms. The first-order valence-electron chi connectivity index (χ1n) is 8.13. The molecule has 2 heterocycles. The van der Waals surface area contributed by atoms with Crippen LogP contribution in [-0.4, -0.2) is 28.5 Å². The number of nitrogens with zero attached hydrogens (tertiary/aromatic N) is 2. The topological polar surface area (TPSA) is 83.6 Å². The molecule has 6 nitrogen and oxygen atoms in total. The third-order valence-electron chi connectivity index (χ3n) is 4.65. The Morgan fingerprint density at radius 2 is 2.15 bits per heavy atom. The lowest BCUT2D eigenvalue weighted by Gasteiger charge is -2.19. The van der Waals surface area contributed by atoms with Crippen molar-refractivity contribution in [2.75, 3.05) is 11.4 Å². The lowest BCUT2D eigenvalue weighted by atomic mass is 10.1. The summed E-state index contributed by atoms with van der Waals surface area (Å²) in [6, 6.07) is 10.7. The van der Waals surface area contributed by atoms with Gasteiger partial charge in [-0.3, -0.25) is 9.59 Å². The third kappa shape index (κ3) is 2.72. The number of carbonyl (C=O) groups is 2. The lowest BCUT2D eigenvalue weighted by molar-refractivity contribution is -0.141. The van der Waals surface area contributed by atoms with E-state index in [1.807, 2.05) is 13.0 Å². The van der Waals surface area contributed by atoms with Gasteiger partial charge in [0.05, 0.1) is 5.92 Å². The average molecular weight is 371 g/mol. The fourth-order valence-corrected chi connectivity index (χ4v) is 3.44. The number of halogens is 1. The maximum atomic E-state index is 12.3. The number of anilines is 1. The van der Waals surface area contributed by atoms with E-state index in [1.165, 1.54) is 4.90 Å². The summed E-state index contributed by atoms with van der Waals surface area (Å²) in [6.07, 6.45) is 0.0143. The summed E-state index contributed by atoms with van der Waals surface area (Å²) in [6.45, 7) is 2.04. The molecule has 3 aromatic rings. The van der Waals surface area contributed by atoms with E-state index in [1.54, 1.807) is 30.3 Å². The van der Waals surface area contributed by atoms with Crippen LogP contribution in [0.2, 0.25) is 5.02 Å². The number of amides is 1. The zero-order valence-corrected chi connectivity index (χ0v) is 14.7. The van der Waals surface area contributed by atoms with E-state index in [-0.39, 0.29) is 18.9 Å². The number of carbonyl (C=O) groups excluding carboxylic acids is 1. The average Bonchev–Trinajstić information content (AvgIpc) is 3.18. The van der Waals surface area contributed by atoms with Gasteiger partial charge in [0.25, 0.3) is 0 Å². The van der Waals surface area contributed by atoms with Crippen molar-refractivity contribution in [3.63, 3.8) is 0 Å². The Balaban J connectivity index is 1.76. The minimum atomic E-state index is -0.953. The molecule has 1 aliphatic rings. The van der Waals surface area contributed by atoms with E-state index in [2.05, 4.69) is 4.98 Å². The van der Waals surface area contributed by atoms with Crippen molar-refractivity contribution in [3.05, 3.63) is 47.0 Å². The molecule has 1 unspecified atom stereocenters. The summed E-state index contributed by atoms with van der Waals surface area (Å²) in [4.78, 5) is 29.5. The summed E-state index contributed by atoms with van der Waals surface area (Å²) in [5.74, 6) is -1.40. The maximum absolute atomic E-state index is 12.3. The van der Waals surface area contributed by atoms with E-state index < -0.39 is 11.9 Å². The molecule has 1 N–H and O–H groups in total. The standard InChI is InChI=1S/C19H15ClN2O4/c1-10-13(18-21-14-8-12(20)5-6-16(14)26-18)3-2-4-15(10)22-9-11(19(24)25)7-17(22)23/h2-6,8,11H,7,9H2,1H3,(H,24,25). The largest absolute Gasteiger partial charge is 0.481 e. The van der Waals surface area contributed by atoms with Crippen LogP contribution in [0.1, 0.15) is 12.0 Å². The Hall–Kier alpha value is -2.86. The number of carboxylic acid groups (broad SMARTS) is 1. The molecule has 26 heavy (non-hydrogen) atoms. The Morgan fingerprint density at radius 3 is 2.88 bits per heavy atom.